The highest BCUT2D eigenvalue weighted by Crippen LogP contribution is 2.52. The van der Waals surface area contributed by atoms with Crippen molar-refractivity contribution in [3.63, 3.8) is 0 Å². The van der Waals surface area contributed by atoms with Crippen LogP contribution in [0.25, 0.3) is 0 Å². The molecule has 0 heterocycles. The average Bonchev–Trinajstić information content (AvgIpc) is 2.95. The molecule has 15 heavy (non-hydrogen) atoms. The molecule has 0 aliphatic heterocycles. The zero-order valence-electron chi connectivity index (χ0n) is 11.4. The fourth-order valence-corrected chi connectivity index (χ4v) is 3.64. The minimum absolute atomic E-state index is 0.892. The Balaban J connectivity index is 2.56. The Bertz CT molecular complexity index is 171. The van der Waals surface area contributed by atoms with Gasteiger partial charge >= 0.3 is 0 Å². The lowest BCUT2D eigenvalue weighted by atomic mass is 9.75. The van der Waals surface area contributed by atoms with Crippen LogP contribution in [0.5, 0.6) is 0 Å². The number of hydrogen-bond acceptors (Lipinski definition) is 0. The van der Waals surface area contributed by atoms with Crippen molar-refractivity contribution in [2.45, 2.75) is 66.7 Å². The maximum absolute atomic E-state index is 2.44. The van der Waals surface area contributed by atoms with Gasteiger partial charge in [-0.2, -0.15) is 0 Å². The van der Waals surface area contributed by atoms with E-state index < -0.39 is 0 Å². The molecule has 0 radical (unpaired) electrons. The SMILES string of the molecule is CCCC(CC)C(C(C)C)C1CC1CC. The van der Waals surface area contributed by atoms with Gasteiger partial charge in [0.25, 0.3) is 0 Å². The molecule has 0 bridgehead atoms. The van der Waals surface area contributed by atoms with Gasteiger partial charge in [-0.1, -0.05) is 60.3 Å². The van der Waals surface area contributed by atoms with Crippen molar-refractivity contribution in [1.29, 1.82) is 0 Å². The Morgan fingerprint density at radius 3 is 2.13 bits per heavy atom. The molecule has 0 N–H and O–H groups in total. The van der Waals surface area contributed by atoms with E-state index in [1.807, 2.05) is 0 Å². The molecule has 1 saturated carbocycles. The Labute approximate surface area is 96.8 Å². The molecule has 0 heteroatoms. The minimum atomic E-state index is 0.892. The first kappa shape index (κ1) is 13.1. The predicted octanol–water partition coefficient (Wildman–Crippen LogP) is 5.13. The van der Waals surface area contributed by atoms with Crippen LogP contribution in [-0.4, -0.2) is 0 Å². The van der Waals surface area contributed by atoms with Gasteiger partial charge in [-0.15, -0.1) is 0 Å². The molecule has 0 amide bonds. The lowest BCUT2D eigenvalue weighted by Crippen LogP contribution is -2.22. The van der Waals surface area contributed by atoms with E-state index in [0.29, 0.717) is 0 Å². The second kappa shape index (κ2) is 5.92. The Kier molecular flexibility index (Phi) is 5.15. The van der Waals surface area contributed by atoms with Gasteiger partial charge in [0.2, 0.25) is 0 Å². The maximum Gasteiger partial charge on any atom is -0.0332 e. The molecule has 0 spiro atoms. The highest BCUT2D eigenvalue weighted by atomic mass is 14.5. The van der Waals surface area contributed by atoms with Crippen molar-refractivity contribution < 1.29 is 0 Å². The molecule has 0 aromatic rings. The molecule has 1 aliphatic carbocycles. The van der Waals surface area contributed by atoms with Gasteiger partial charge in [0.05, 0.1) is 0 Å². The summed E-state index contributed by atoms with van der Waals surface area (Å²) in [6.07, 6.45) is 7.15. The van der Waals surface area contributed by atoms with Crippen LogP contribution < -0.4 is 0 Å². The van der Waals surface area contributed by atoms with Gasteiger partial charge in [0, 0.05) is 0 Å². The van der Waals surface area contributed by atoms with E-state index >= 15 is 0 Å². The summed E-state index contributed by atoms with van der Waals surface area (Å²) in [4.78, 5) is 0. The second-order valence-corrected chi connectivity index (χ2v) is 5.85. The van der Waals surface area contributed by atoms with Crippen LogP contribution in [0.3, 0.4) is 0 Å². The Hall–Kier alpha value is 0. The fourth-order valence-electron chi connectivity index (χ4n) is 3.64. The predicted molar refractivity (Wildman–Crippen MR) is 68.9 cm³/mol. The summed E-state index contributed by atoms with van der Waals surface area (Å²) in [6.45, 7) is 12.0. The molecule has 0 aromatic carbocycles. The van der Waals surface area contributed by atoms with Gasteiger partial charge < -0.3 is 0 Å². The normalized spacial score (nSPS) is 29.2. The highest BCUT2D eigenvalue weighted by molar-refractivity contribution is 4.93. The summed E-state index contributed by atoms with van der Waals surface area (Å²) in [5, 5.41) is 0. The van der Waals surface area contributed by atoms with Crippen molar-refractivity contribution in [3.8, 4) is 0 Å². The molecule has 1 fully saturated rings. The van der Waals surface area contributed by atoms with Gasteiger partial charge in [-0.05, 0) is 36.0 Å². The molecular weight excluding hydrogens is 180 g/mol. The lowest BCUT2D eigenvalue weighted by molar-refractivity contribution is 0.193. The summed E-state index contributed by atoms with van der Waals surface area (Å²) in [7, 11) is 0. The molecule has 90 valence electrons. The molecule has 1 aliphatic rings. The standard InChI is InChI=1S/C15H30/c1-6-9-12(7-2)15(11(4)5)14-10-13(14)8-3/h11-15H,6-10H2,1-5H3. The molecule has 0 nitrogen and oxygen atoms in total. The van der Waals surface area contributed by atoms with E-state index in [0.717, 1.165) is 29.6 Å². The van der Waals surface area contributed by atoms with E-state index in [4.69, 9.17) is 0 Å². The molecule has 0 aromatic heterocycles. The van der Waals surface area contributed by atoms with E-state index in [9.17, 15) is 0 Å². The zero-order chi connectivity index (χ0) is 11.4. The maximum atomic E-state index is 2.44. The van der Waals surface area contributed by atoms with Gasteiger partial charge in [0.1, 0.15) is 0 Å². The minimum Gasteiger partial charge on any atom is -0.0654 e. The number of rotatable bonds is 7. The summed E-state index contributed by atoms with van der Waals surface area (Å²) < 4.78 is 0. The van der Waals surface area contributed by atoms with Crippen LogP contribution in [-0.2, 0) is 0 Å². The first-order valence-electron chi connectivity index (χ1n) is 7.15. The average molecular weight is 210 g/mol. The van der Waals surface area contributed by atoms with E-state index in [1.165, 1.54) is 32.1 Å². The molecule has 1 rings (SSSR count). The van der Waals surface area contributed by atoms with Crippen LogP contribution in [0, 0.1) is 29.6 Å². The van der Waals surface area contributed by atoms with Crippen molar-refractivity contribution in [2.24, 2.45) is 29.6 Å². The molecular formula is C15H30. The highest BCUT2D eigenvalue weighted by Gasteiger charge is 2.44. The van der Waals surface area contributed by atoms with E-state index in [-0.39, 0.29) is 0 Å². The van der Waals surface area contributed by atoms with Gasteiger partial charge in [-0.25, -0.2) is 0 Å². The van der Waals surface area contributed by atoms with E-state index in [2.05, 4.69) is 34.6 Å². The third-order valence-corrected chi connectivity index (χ3v) is 4.49. The van der Waals surface area contributed by atoms with Crippen LogP contribution in [0.1, 0.15) is 66.7 Å². The van der Waals surface area contributed by atoms with E-state index in [1.54, 1.807) is 0 Å². The smallest absolute Gasteiger partial charge is 0.0332 e. The van der Waals surface area contributed by atoms with Gasteiger partial charge in [-0.3, -0.25) is 0 Å². The largest absolute Gasteiger partial charge is 0.0654 e. The van der Waals surface area contributed by atoms with Crippen LogP contribution >= 0.6 is 0 Å². The summed E-state index contributed by atoms with van der Waals surface area (Å²) in [5.41, 5.74) is 0. The first-order chi connectivity index (χ1) is 7.15. The van der Waals surface area contributed by atoms with Gasteiger partial charge in [0.15, 0.2) is 0 Å². The summed E-state index contributed by atoms with van der Waals surface area (Å²) >= 11 is 0. The topological polar surface area (TPSA) is 0 Å². The quantitative estimate of drug-likeness (QED) is 0.546. The molecule has 0 saturated heterocycles. The van der Waals surface area contributed by atoms with Crippen LogP contribution in [0.4, 0.5) is 0 Å². The number of hydrogen-bond donors (Lipinski definition) is 0. The first-order valence-corrected chi connectivity index (χ1v) is 7.15. The lowest BCUT2D eigenvalue weighted by Gasteiger charge is -2.30. The van der Waals surface area contributed by atoms with Crippen molar-refractivity contribution in [3.05, 3.63) is 0 Å². The third kappa shape index (κ3) is 3.23. The van der Waals surface area contributed by atoms with Crippen molar-refractivity contribution in [1.82, 2.24) is 0 Å². The van der Waals surface area contributed by atoms with Crippen LogP contribution in [0.2, 0.25) is 0 Å². The zero-order valence-corrected chi connectivity index (χ0v) is 11.4. The van der Waals surface area contributed by atoms with Crippen molar-refractivity contribution in [2.75, 3.05) is 0 Å². The monoisotopic (exact) mass is 210 g/mol. The second-order valence-electron chi connectivity index (χ2n) is 5.85. The molecule has 4 unspecified atom stereocenters. The summed E-state index contributed by atoms with van der Waals surface area (Å²) in [5.74, 6) is 5.05. The van der Waals surface area contributed by atoms with Crippen LogP contribution in [0.15, 0.2) is 0 Å². The Morgan fingerprint density at radius 1 is 1.13 bits per heavy atom. The Morgan fingerprint density at radius 2 is 1.80 bits per heavy atom. The third-order valence-electron chi connectivity index (χ3n) is 4.49. The fraction of sp³-hybridized carbons (Fsp3) is 1.00. The molecule has 4 atom stereocenters. The van der Waals surface area contributed by atoms with Crippen molar-refractivity contribution >= 4 is 0 Å². The summed E-state index contributed by atoms with van der Waals surface area (Å²) in [6, 6.07) is 0.